The number of aromatic nitrogens is 2. The summed E-state index contributed by atoms with van der Waals surface area (Å²) >= 11 is 0. The first-order chi connectivity index (χ1) is 8.72. The fourth-order valence-electron chi connectivity index (χ4n) is 2.07. The van der Waals surface area contributed by atoms with E-state index >= 15 is 0 Å². The van der Waals surface area contributed by atoms with Crippen molar-refractivity contribution in [1.29, 1.82) is 0 Å². The molecular weight excluding hydrogens is 229 g/mol. The zero-order chi connectivity index (χ0) is 13.0. The highest BCUT2D eigenvalue weighted by Gasteiger charge is 2.09. The number of nitrogens with one attached hydrogen (secondary N) is 1. The molecule has 1 unspecified atom stereocenters. The molecule has 1 heterocycles. The first kappa shape index (κ1) is 12.8. The molecule has 0 amide bonds. The highest BCUT2D eigenvalue weighted by molar-refractivity contribution is 5.17. The minimum Gasteiger partial charge on any atom is -0.313 e. The summed E-state index contributed by atoms with van der Waals surface area (Å²) in [6, 6.07) is 6.94. The smallest absolute Gasteiger partial charge is 0.123 e. The maximum atomic E-state index is 13.1. The topological polar surface area (TPSA) is 29.9 Å². The lowest BCUT2D eigenvalue weighted by Gasteiger charge is -2.10. The standard InChI is InChI=1S/C14H18FN3/c1-3-14(16-2)12-8-17-18(10-12)9-11-5-4-6-13(15)7-11/h4-8,10,14,16H,3,9H2,1-2H3. The molecule has 0 aliphatic carbocycles. The van der Waals surface area contributed by atoms with Crippen LogP contribution in [0.25, 0.3) is 0 Å². The molecule has 1 aromatic heterocycles. The minimum atomic E-state index is -0.207. The van der Waals surface area contributed by atoms with Crippen molar-refractivity contribution >= 4 is 0 Å². The van der Waals surface area contributed by atoms with Gasteiger partial charge < -0.3 is 5.32 Å². The van der Waals surface area contributed by atoms with Gasteiger partial charge in [-0.2, -0.15) is 5.10 Å². The first-order valence-electron chi connectivity index (χ1n) is 6.17. The predicted molar refractivity (Wildman–Crippen MR) is 69.8 cm³/mol. The molecule has 0 saturated carbocycles. The molecule has 96 valence electrons. The summed E-state index contributed by atoms with van der Waals surface area (Å²) in [6.07, 6.45) is 4.89. The Balaban J connectivity index is 2.11. The Morgan fingerprint density at radius 1 is 1.44 bits per heavy atom. The molecule has 4 heteroatoms. The average molecular weight is 247 g/mol. The number of nitrogens with zero attached hydrogens (tertiary/aromatic N) is 2. The predicted octanol–water partition coefficient (Wildman–Crippen LogP) is 2.74. The van der Waals surface area contributed by atoms with Gasteiger partial charge in [0.05, 0.1) is 12.7 Å². The summed E-state index contributed by atoms with van der Waals surface area (Å²) in [6.45, 7) is 2.73. The third-order valence-electron chi connectivity index (χ3n) is 3.05. The normalized spacial score (nSPS) is 12.6. The average Bonchev–Trinajstić information content (AvgIpc) is 2.79. The largest absolute Gasteiger partial charge is 0.313 e. The Bertz CT molecular complexity index is 503. The summed E-state index contributed by atoms with van der Waals surface area (Å²) < 4.78 is 14.9. The molecule has 0 aliphatic rings. The third-order valence-corrected chi connectivity index (χ3v) is 3.05. The lowest BCUT2D eigenvalue weighted by atomic mass is 10.1. The maximum Gasteiger partial charge on any atom is 0.123 e. The number of rotatable bonds is 5. The lowest BCUT2D eigenvalue weighted by Crippen LogP contribution is -2.14. The highest BCUT2D eigenvalue weighted by Crippen LogP contribution is 2.15. The SMILES string of the molecule is CCC(NC)c1cnn(Cc2cccc(F)c2)c1. The van der Waals surface area contributed by atoms with Crippen molar-refractivity contribution in [2.24, 2.45) is 0 Å². The van der Waals surface area contributed by atoms with Crippen LogP contribution in [0.5, 0.6) is 0 Å². The fourth-order valence-corrected chi connectivity index (χ4v) is 2.07. The molecule has 1 N–H and O–H groups in total. The molecule has 0 radical (unpaired) electrons. The minimum absolute atomic E-state index is 0.207. The monoisotopic (exact) mass is 247 g/mol. The van der Waals surface area contributed by atoms with Gasteiger partial charge in [-0.3, -0.25) is 4.68 Å². The maximum absolute atomic E-state index is 13.1. The second-order valence-corrected chi connectivity index (χ2v) is 4.35. The van der Waals surface area contributed by atoms with Crippen molar-refractivity contribution < 1.29 is 4.39 Å². The lowest BCUT2D eigenvalue weighted by molar-refractivity contribution is 0.575. The Kier molecular flexibility index (Phi) is 4.10. The molecule has 0 fully saturated rings. The van der Waals surface area contributed by atoms with Gasteiger partial charge in [-0.1, -0.05) is 19.1 Å². The summed E-state index contributed by atoms with van der Waals surface area (Å²) in [5.41, 5.74) is 2.08. The van der Waals surface area contributed by atoms with Crippen molar-refractivity contribution in [2.75, 3.05) is 7.05 Å². The van der Waals surface area contributed by atoms with E-state index in [1.165, 1.54) is 12.1 Å². The zero-order valence-corrected chi connectivity index (χ0v) is 10.7. The van der Waals surface area contributed by atoms with E-state index in [2.05, 4.69) is 17.3 Å². The van der Waals surface area contributed by atoms with E-state index in [9.17, 15) is 4.39 Å². The Morgan fingerprint density at radius 2 is 2.28 bits per heavy atom. The van der Waals surface area contributed by atoms with Crippen LogP contribution in [0.2, 0.25) is 0 Å². The molecule has 18 heavy (non-hydrogen) atoms. The van der Waals surface area contributed by atoms with Crippen LogP contribution in [-0.4, -0.2) is 16.8 Å². The van der Waals surface area contributed by atoms with Gasteiger partial charge in [0.2, 0.25) is 0 Å². The van der Waals surface area contributed by atoms with E-state index in [0.717, 1.165) is 17.5 Å². The molecule has 1 aromatic carbocycles. The molecule has 1 atom stereocenters. The summed E-state index contributed by atoms with van der Waals surface area (Å²) in [5, 5.41) is 7.55. The molecule has 2 rings (SSSR count). The van der Waals surface area contributed by atoms with Crippen LogP contribution in [0.1, 0.15) is 30.5 Å². The Labute approximate surface area is 107 Å². The quantitative estimate of drug-likeness (QED) is 0.880. The molecule has 0 aliphatic heterocycles. The van der Waals surface area contributed by atoms with E-state index in [1.54, 1.807) is 6.07 Å². The van der Waals surface area contributed by atoms with Crippen LogP contribution in [-0.2, 0) is 6.54 Å². The van der Waals surface area contributed by atoms with Gasteiger partial charge in [-0.25, -0.2) is 4.39 Å². The van der Waals surface area contributed by atoms with E-state index in [4.69, 9.17) is 0 Å². The Morgan fingerprint density at radius 3 is 2.94 bits per heavy atom. The number of halogens is 1. The van der Waals surface area contributed by atoms with Crippen molar-refractivity contribution in [2.45, 2.75) is 25.9 Å². The molecule has 0 saturated heterocycles. The third kappa shape index (κ3) is 2.96. The molecule has 0 spiro atoms. The van der Waals surface area contributed by atoms with Gasteiger partial charge in [0.25, 0.3) is 0 Å². The van der Waals surface area contributed by atoms with Crippen molar-refractivity contribution in [3.05, 3.63) is 53.6 Å². The Hall–Kier alpha value is -1.68. The summed E-state index contributed by atoms with van der Waals surface area (Å²) in [7, 11) is 1.94. The molecule has 2 aromatic rings. The number of hydrogen-bond donors (Lipinski definition) is 1. The van der Waals surface area contributed by atoms with E-state index < -0.39 is 0 Å². The number of hydrogen-bond acceptors (Lipinski definition) is 2. The van der Waals surface area contributed by atoms with E-state index in [-0.39, 0.29) is 5.82 Å². The van der Waals surface area contributed by atoms with Crippen LogP contribution in [0.4, 0.5) is 4.39 Å². The van der Waals surface area contributed by atoms with Crippen LogP contribution in [0.3, 0.4) is 0 Å². The van der Waals surface area contributed by atoms with E-state index in [1.807, 2.05) is 30.2 Å². The zero-order valence-electron chi connectivity index (χ0n) is 10.7. The van der Waals surface area contributed by atoms with Crippen molar-refractivity contribution in [3.63, 3.8) is 0 Å². The summed E-state index contributed by atoms with van der Waals surface area (Å²) in [5.74, 6) is -0.207. The first-order valence-corrected chi connectivity index (χ1v) is 6.17. The van der Waals surface area contributed by atoms with Crippen LogP contribution < -0.4 is 5.32 Å². The second-order valence-electron chi connectivity index (χ2n) is 4.35. The van der Waals surface area contributed by atoms with Crippen LogP contribution in [0, 0.1) is 5.82 Å². The van der Waals surface area contributed by atoms with Crippen molar-refractivity contribution in [1.82, 2.24) is 15.1 Å². The van der Waals surface area contributed by atoms with E-state index in [0.29, 0.717) is 12.6 Å². The van der Waals surface area contributed by atoms with Gasteiger partial charge in [-0.05, 0) is 31.2 Å². The van der Waals surface area contributed by atoms with Crippen LogP contribution in [0.15, 0.2) is 36.7 Å². The summed E-state index contributed by atoms with van der Waals surface area (Å²) in [4.78, 5) is 0. The van der Waals surface area contributed by atoms with Gasteiger partial charge in [0, 0.05) is 17.8 Å². The van der Waals surface area contributed by atoms with Crippen molar-refractivity contribution in [3.8, 4) is 0 Å². The van der Waals surface area contributed by atoms with Gasteiger partial charge >= 0.3 is 0 Å². The number of benzene rings is 1. The van der Waals surface area contributed by atoms with Crippen LogP contribution >= 0.6 is 0 Å². The fraction of sp³-hybridized carbons (Fsp3) is 0.357. The van der Waals surface area contributed by atoms with Gasteiger partial charge in [0.1, 0.15) is 5.82 Å². The second kappa shape index (κ2) is 5.78. The highest BCUT2D eigenvalue weighted by atomic mass is 19.1. The van der Waals surface area contributed by atoms with Gasteiger partial charge in [-0.15, -0.1) is 0 Å². The molecule has 3 nitrogen and oxygen atoms in total. The molecular formula is C14H18FN3. The van der Waals surface area contributed by atoms with Gasteiger partial charge in [0.15, 0.2) is 0 Å². The molecule has 0 bridgehead atoms.